The molecule has 0 aliphatic carbocycles. The SMILES string of the molecule is Cc1c(C=O)c(-c2ccccn2)n2ccccc12. The van der Waals surface area contributed by atoms with Crippen LogP contribution < -0.4 is 0 Å². The molecule has 88 valence electrons. The largest absolute Gasteiger partial charge is 0.314 e. The number of aromatic nitrogens is 2. The molecular weight excluding hydrogens is 224 g/mol. The fraction of sp³-hybridized carbons (Fsp3) is 0.0667. The summed E-state index contributed by atoms with van der Waals surface area (Å²) in [5.74, 6) is 0. The average molecular weight is 236 g/mol. The predicted molar refractivity (Wildman–Crippen MR) is 70.8 cm³/mol. The van der Waals surface area contributed by atoms with E-state index >= 15 is 0 Å². The molecule has 0 bridgehead atoms. The third-order valence-corrected chi connectivity index (χ3v) is 3.17. The van der Waals surface area contributed by atoms with E-state index in [1.807, 2.05) is 53.9 Å². The van der Waals surface area contributed by atoms with Gasteiger partial charge < -0.3 is 4.40 Å². The van der Waals surface area contributed by atoms with Crippen molar-refractivity contribution in [1.29, 1.82) is 0 Å². The zero-order valence-electron chi connectivity index (χ0n) is 10.00. The first-order chi connectivity index (χ1) is 8.83. The van der Waals surface area contributed by atoms with Crippen molar-refractivity contribution < 1.29 is 4.79 Å². The van der Waals surface area contributed by atoms with Crippen LogP contribution in [-0.2, 0) is 0 Å². The van der Waals surface area contributed by atoms with Crippen LogP contribution in [0.15, 0.2) is 48.8 Å². The number of fused-ring (bicyclic) bond motifs is 1. The summed E-state index contributed by atoms with van der Waals surface area (Å²) in [7, 11) is 0. The number of hydrogen-bond acceptors (Lipinski definition) is 2. The highest BCUT2D eigenvalue weighted by Gasteiger charge is 2.16. The Balaban J connectivity index is 2.44. The lowest BCUT2D eigenvalue weighted by atomic mass is 10.1. The molecule has 0 aliphatic rings. The number of nitrogens with zero attached hydrogens (tertiary/aromatic N) is 2. The first kappa shape index (κ1) is 10.7. The van der Waals surface area contributed by atoms with Crippen LogP contribution in [0.1, 0.15) is 15.9 Å². The van der Waals surface area contributed by atoms with Crippen molar-refractivity contribution in [3.8, 4) is 11.4 Å². The van der Waals surface area contributed by atoms with E-state index in [1.165, 1.54) is 0 Å². The lowest BCUT2D eigenvalue weighted by molar-refractivity contribution is 0.112. The van der Waals surface area contributed by atoms with E-state index < -0.39 is 0 Å². The highest BCUT2D eigenvalue weighted by molar-refractivity contribution is 5.92. The molecular formula is C15H12N2O. The summed E-state index contributed by atoms with van der Waals surface area (Å²) in [5.41, 5.74) is 4.42. The molecule has 0 spiro atoms. The fourth-order valence-corrected chi connectivity index (χ4v) is 2.30. The minimum atomic E-state index is 0.708. The van der Waals surface area contributed by atoms with Crippen LogP contribution in [0.5, 0.6) is 0 Å². The summed E-state index contributed by atoms with van der Waals surface area (Å²) >= 11 is 0. The van der Waals surface area contributed by atoms with Gasteiger partial charge in [-0.15, -0.1) is 0 Å². The molecule has 0 amide bonds. The van der Waals surface area contributed by atoms with E-state index in [9.17, 15) is 4.79 Å². The Kier molecular flexibility index (Phi) is 2.45. The standard InChI is InChI=1S/C15H12N2O/c1-11-12(10-18)15(13-6-2-4-8-16-13)17-9-5-3-7-14(11)17/h2-10H,1H3. The summed E-state index contributed by atoms with van der Waals surface area (Å²) in [4.78, 5) is 15.7. The molecule has 3 heterocycles. The third kappa shape index (κ3) is 1.44. The second kappa shape index (κ2) is 4.11. The van der Waals surface area contributed by atoms with Gasteiger partial charge in [0.1, 0.15) is 0 Å². The number of aryl methyl sites for hydroxylation is 1. The van der Waals surface area contributed by atoms with Gasteiger partial charge in [0.15, 0.2) is 6.29 Å². The Bertz CT molecular complexity index is 714. The molecule has 18 heavy (non-hydrogen) atoms. The molecule has 0 aliphatic heterocycles. The van der Waals surface area contributed by atoms with E-state index in [0.29, 0.717) is 5.56 Å². The molecule has 0 atom stereocenters. The lowest BCUT2D eigenvalue weighted by Crippen LogP contribution is -1.92. The van der Waals surface area contributed by atoms with Gasteiger partial charge in [-0.05, 0) is 36.8 Å². The molecule has 3 nitrogen and oxygen atoms in total. The molecule has 0 N–H and O–H groups in total. The first-order valence-corrected chi connectivity index (χ1v) is 5.79. The Hall–Kier alpha value is -2.42. The van der Waals surface area contributed by atoms with Crippen molar-refractivity contribution in [3.63, 3.8) is 0 Å². The molecule has 0 fully saturated rings. The normalized spacial score (nSPS) is 10.7. The van der Waals surface area contributed by atoms with Crippen LogP contribution in [-0.4, -0.2) is 15.7 Å². The van der Waals surface area contributed by atoms with Gasteiger partial charge in [0.05, 0.1) is 11.4 Å². The molecule has 0 saturated heterocycles. The Labute approximate surface area is 105 Å². The van der Waals surface area contributed by atoms with Crippen LogP contribution in [0.2, 0.25) is 0 Å². The Morgan fingerprint density at radius 1 is 1.17 bits per heavy atom. The zero-order valence-corrected chi connectivity index (χ0v) is 10.00. The molecule has 0 saturated carbocycles. The smallest absolute Gasteiger partial charge is 0.152 e. The lowest BCUT2D eigenvalue weighted by Gasteiger charge is -2.02. The molecule has 3 heteroatoms. The number of aldehydes is 1. The highest BCUT2D eigenvalue weighted by atomic mass is 16.1. The number of carbonyl (C=O) groups is 1. The molecule has 0 unspecified atom stereocenters. The topological polar surface area (TPSA) is 34.4 Å². The summed E-state index contributed by atoms with van der Waals surface area (Å²) in [6, 6.07) is 11.6. The third-order valence-electron chi connectivity index (χ3n) is 3.17. The second-order valence-corrected chi connectivity index (χ2v) is 4.18. The first-order valence-electron chi connectivity index (χ1n) is 5.79. The zero-order chi connectivity index (χ0) is 12.5. The summed E-state index contributed by atoms with van der Waals surface area (Å²) < 4.78 is 2.02. The highest BCUT2D eigenvalue weighted by Crippen LogP contribution is 2.28. The predicted octanol–water partition coefficient (Wildman–Crippen LogP) is 3.12. The van der Waals surface area contributed by atoms with Gasteiger partial charge in [0.25, 0.3) is 0 Å². The van der Waals surface area contributed by atoms with E-state index in [-0.39, 0.29) is 0 Å². The van der Waals surface area contributed by atoms with Crippen LogP contribution in [0.4, 0.5) is 0 Å². The van der Waals surface area contributed by atoms with Gasteiger partial charge in [-0.1, -0.05) is 12.1 Å². The monoisotopic (exact) mass is 236 g/mol. The van der Waals surface area contributed by atoms with Gasteiger partial charge in [-0.25, -0.2) is 0 Å². The molecule has 0 aromatic carbocycles. The minimum absolute atomic E-state index is 0.708. The van der Waals surface area contributed by atoms with Gasteiger partial charge in [0, 0.05) is 23.5 Å². The number of hydrogen-bond donors (Lipinski definition) is 0. The second-order valence-electron chi connectivity index (χ2n) is 4.18. The van der Waals surface area contributed by atoms with E-state index in [0.717, 1.165) is 28.8 Å². The van der Waals surface area contributed by atoms with Crippen molar-refractivity contribution in [2.45, 2.75) is 6.92 Å². The van der Waals surface area contributed by atoms with Gasteiger partial charge >= 0.3 is 0 Å². The summed E-state index contributed by atoms with van der Waals surface area (Å²) in [6.07, 6.45) is 4.60. The van der Waals surface area contributed by atoms with Crippen molar-refractivity contribution in [2.75, 3.05) is 0 Å². The number of pyridine rings is 2. The number of carbonyl (C=O) groups excluding carboxylic acids is 1. The van der Waals surface area contributed by atoms with E-state index in [2.05, 4.69) is 4.98 Å². The Morgan fingerprint density at radius 3 is 2.72 bits per heavy atom. The molecule has 0 radical (unpaired) electrons. The molecule has 3 aromatic heterocycles. The van der Waals surface area contributed by atoms with Crippen molar-refractivity contribution in [3.05, 3.63) is 59.9 Å². The Morgan fingerprint density at radius 2 is 2.00 bits per heavy atom. The van der Waals surface area contributed by atoms with Crippen LogP contribution in [0.3, 0.4) is 0 Å². The van der Waals surface area contributed by atoms with Gasteiger partial charge in [0.2, 0.25) is 0 Å². The van der Waals surface area contributed by atoms with E-state index in [4.69, 9.17) is 0 Å². The van der Waals surface area contributed by atoms with Crippen LogP contribution in [0.25, 0.3) is 16.9 Å². The number of rotatable bonds is 2. The summed E-state index contributed by atoms with van der Waals surface area (Å²) in [6.45, 7) is 1.96. The van der Waals surface area contributed by atoms with E-state index in [1.54, 1.807) is 6.20 Å². The van der Waals surface area contributed by atoms with Crippen LogP contribution in [0, 0.1) is 6.92 Å². The average Bonchev–Trinajstić information content (AvgIpc) is 2.73. The van der Waals surface area contributed by atoms with Crippen LogP contribution >= 0.6 is 0 Å². The summed E-state index contributed by atoms with van der Waals surface area (Å²) in [5, 5.41) is 0. The van der Waals surface area contributed by atoms with Crippen molar-refractivity contribution >= 4 is 11.8 Å². The molecule has 3 rings (SSSR count). The maximum atomic E-state index is 11.3. The maximum absolute atomic E-state index is 11.3. The minimum Gasteiger partial charge on any atom is -0.314 e. The maximum Gasteiger partial charge on any atom is 0.152 e. The quantitative estimate of drug-likeness (QED) is 0.641. The van der Waals surface area contributed by atoms with Gasteiger partial charge in [-0.3, -0.25) is 9.78 Å². The fourth-order valence-electron chi connectivity index (χ4n) is 2.30. The van der Waals surface area contributed by atoms with Crippen molar-refractivity contribution in [1.82, 2.24) is 9.38 Å². The molecule has 3 aromatic rings. The van der Waals surface area contributed by atoms with Crippen molar-refractivity contribution in [2.24, 2.45) is 0 Å². The van der Waals surface area contributed by atoms with Gasteiger partial charge in [-0.2, -0.15) is 0 Å².